The Kier molecular flexibility index (Phi) is 4.04. The van der Waals surface area contributed by atoms with Crippen molar-refractivity contribution in [3.63, 3.8) is 0 Å². The van der Waals surface area contributed by atoms with E-state index in [1.54, 1.807) is 7.11 Å². The molecule has 0 amide bonds. The highest BCUT2D eigenvalue weighted by atomic mass is 79.9. The van der Waals surface area contributed by atoms with E-state index >= 15 is 0 Å². The smallest absolute Gasteiger partial charge is 0.133 e. The average molecular weight is 310 g/mol. The van der Waals surface area contributed by atoms with Crippen LogP contribution in [0.5, 0.6) is 5.75 Å². The van der Waals surface area contributed by atoms with Crippen LogP contribution in [0.15, 0.2) is 28.7 Å². The second-order valence-electron chi connectivity index (χ2n) is 4.03. The van der Waals surface area contributed by atoms with Crippen molar-refractivity contribution in [3.8, 4) is 17.0 Å². The summed E-state index contributed by atoms with van der Waals surface area (Å²) in [5.74, 6) is 0.817. The first kappa shape index (κ1) is 13.1. The molecule has 0 saturated carbocycles. The SMILES string of the molecule is COc1ccc(-c2cc(CCN)n(C)n2)cc1Br. The van der Waals surface area contributed by atoms with Crippen molar-refractivity contribution in [2.24, 2.45) is 12.8 Å². The van der Waals surface area contributed by atoms with Crippen molar-refractivity contribution in [1.29, 1.82) is 0 Å². The Morgan fingerprint density at radius 2 is 2.17 bits per heavy atom. The molecule has 0 aliphatic carbocycles. The summed E-state index contributed by atoms with van der Waals surface area (Å²) in [6.45, 7) is 0.630. The maximum atomic E-state index is 5.57. The number of rotatable bonds is 4. The summed E-state index contributed by atoms with van der Waals surface area (Å²) < 4.78 is 8.01. The first-order valence-corrected chi connectivity index (χ1v) is 6.52. The molecule has 1 aromatic carbocycles. The molecule has 18 heavy (non-hydrogen) atoms. The van der Waals surface area contributed by atoms with Crippen LogP contribution < -0.4 is 10.5 Å². The van der Waals surface area contributed by atoms with Gasteiger partial charge in [0, 0.05) is 24.7 Å². The predicted molar refractivity (Wildman–Crippen MR) is 75.7 cm³/mol. The van der Waals surface area contributed by atoms with E-state index in [1.807, 2.05) is 29.9 Å². The molecule has 0 spiro atoms. The number of hydrogen-bond acceptors (Lipinski definition) is 3. The summed E-state index contributed by atoms with van der Waals surface area (Å²) >= 11 is 3.48. The lowest BCUT2D eigenvalue weighted by Gasteiger charge is -2.04. The molecule has 0 atom stereocenters. The predicted octanol–water partition coefficient (Wildman–Crippen LogP) is 2.36. The number of aromatic nitrogens is 2. The Hall–Kier alpha value is -1.33. The molecule has 2 aromatic rings. The monoisotopic (exact) mass is 309 g/mol. The first-order chi connectivity index (χ1) is 8.65. The molecule has 0 fully saturated rings. The van der Waals surface area contributed by atoms with Crippen molar-refractivity contribution >= 4 is 15.9 Å². The molecule has 1 aromatic heterocycles. The van der Waals surface area contributed by atoms with Gasteiger partial charge in [-0.25, -0.2) is 0 Å². The molecule has 5 heteroatoms. The van der Waals surface area contributed by atoms with Crippen LogP contribution in [0.4, 0.5) is 0 Å². The Morgan fingerprint density at radius 1 is 1.39 bits per heavy atom. The van der Waals surface area contributed by atoms with Crippen molar-refractivity contribution < 1.29 is 4.74 Å². The summed E-state index contributed by atoms with van der Waals surface area (Å²) in [5, 5.41) is 4.50. The molecule has 0 radical (unpaired) electrons. The minimum atomic E-state index is 0.630. The lowest BCUT2D eigenvalue weighted by atomic mass is 10.1. The third kappa shape index (κ3) is 2.57. The zero-order valence-corrected chi connectivity index (χ0v) is 12.1. The van der Waals surface area contributed by atoms with Gasteiger partial charge in [-0.1, -0.05) is 0 Å². The van der Waals surface area contributed by atoms with Gasteiger partial charge in [-0.3, -0.25) is 4.68 Å². The van der Waals surface area contributed by atoms with Crippen LogP contribution >= 0.6 is 15.9 Å². The quantitative estimate of drug-likeness (QED) is 0.943. The van der Waals surface area contributed by atoms with Gasteiger partial charge in [-0.05, 0) is 46.7 Å². The van der Waals surface area contributed by atoms with E-state index in [1.165, 1.54) is 0 Å². The van der Waals surface area contributed by atoms with Gasteiger partial charge in [-0.2, -0.15) is 5.10 Å². The van der Waals surface area contributed by atoms with Crippen LogP contribution in [0.1, 0.15) is 5.69 Å². The van der Waals surface area contributed by atoms with Crippen LogP contribution in [-0.4, -0.2) is 23.4 Å². The average Bonchev–Trinajstić information content (AvgIpc) is 2.71. The largest absolute Gasteiger partial charge is 0.496 e. The van der Waals surface area contributed by atoms with Crippen molar-refractivity contribution in [3.05, 3.63) is 34.4 Å². The number of benzene rings is 1. The maximum Gasteiger partial charge on any atom is 0.133 e. The Labute approximate surface area is 115 Å². The number of halogens is 1. The molecule has 96 valence electrons. The van der Waals surface area contributed by atoms with Gasteiger partial charge in [0.15, 0.2) is 0 Å². The second-order valence-corrected chi connectivity index (χ2v) is 4.89. The maximum absolute atomic E-state index is 5.57. The second kappa shape index (κ2) is 5.54. The molecule has 0 saturated heterocycles. The third-order valence-electron chi connectivity index (χ3n) is 2.82. The van der Waals surface area contributed by atoms with Gasteiger partial charge < -0.3 is 10.5 Å². The molecule has 2 rings (SSSR count). The van der Waals surface area contributed by atoms with E-state index in [0.29, 0.717) is 6.54 Å². The van der Waals surface area contributed by atoms with E-state index in [4.69, 9.17) is 10.5 Å². The summed E-state index contributed by atoms with van der Waals surface area (Å²) in [6, 6.07) is 8.00. The summed E-state index contributed by atoms with van der Waals surface area (Å²) in [6.07, 6.45) is 0.834. The number of aryl methyl sites for hydroxylation is 1. The third-order valence-corrected chi connectivity index (χ3v) is 3.44. The Morgan fingerprint density at radius 3 is 2.78 bits per heavy atom. The van der Waals surface area contributed by atoms with Gasteiger partial charge in [0.05, 0.1) is 17.3 Å². The van der Waals surface area contributed by atoms with Gasteiger partial charge >= 0.3 is 0 Å². The van der Waals surface area contributed by atoms with E-state index in [0.717, 1.165) is 33.6 Å². The van der Waals surface area contributed by atoms with Gasteiger partial charge in [0.1, 0.15) is 5.75 Å². The molecule has 1 heterocycles. The molecule has 2 N–H and O–H groups in total. The lowest BCUT2D eigenvalue weighted by Crippen LogP contribution is -2.06. The topological polar surface area (TPSA) is 53.1 Å². The normalized spacial score (nSPS) is 10.7. The van der Waals surface area contributed by atoms with E-state index < -0.39 is 0 Å². The highest BCUT2D eigenvalue weighted by molar-refractivity contribution is 9.10. The first-order valence-electron chi connectivity index (χ1n) is 5.72. The van der Waals surface area contributed by atoms with Gasteiger partial charge in [0.2, 0.25) is 0 Å². The van der Waals surface area contributed by atoms with Crippen LogP contribution in [-0.2, 0) is 13.5 Å². The van der Waals surface area contributed by atoms with Crippen LogP contribution in [0, 0.1) is 0 Å². The van der Waals surface area contributed by atoms with Crippen LogP contribution in [0.2, 0.25) is 0 Å². The lowest BCUT2D eigenvalue weighted by molar-refractivity contribution is 0.412. The standard InChI is InChI=1S/C13H16BrN3O/c1-17-10(5-6-15)8-12(16-17)9-3-4-13(18-2)11(14)7-9/h3-4,7-8H,5-6,15H2,1-2H3. The molecule has 0 bridgehead atoms. The van der Waals surface area contributed by atoms with Gasteiger partial charge in [-0.15, -0.1) is 0 Å². The van der Waals surface area contributed by atoms with Crippen LogP contribution in [0.25, 0.3) is 11.3 Å². The van der Waals surface area contributed by atoms with E-state index in [2.05, 4.69) is 27.1 Å². The fourth-order valence-electron chi connectivity index (χ4n) is 1.85. The Bertz CT molecular complexity index is 551. The highest BCUT2D eigenvalue weighted by Crippen LogP contribution is 2.30. The summed E-state index contributed by atoms with van der Waals surface area (Å²) in [4.78, 5) is 0. The summed E-state index contributed by atoms with van der Waals surface area (Å²) in [7, 11) is 3.59. The zero-order valence-electron chi connectivity index (χ0n) is 10.5. The molecule has 0 aliphatic heterocycles. The fourth-order valence-corrected chi connectivity index (χ4v) is 2.40. The number of methoxy groups -OCH3 is 1. The Balaban J connectivity index is 2.36. The van der Waals surface area contributed by atoms with E-state index in [9.17, 15) is 0 Å². The number of nitrogens with zero attached hydrogens (tertiary/aromatic N) is 2. The van der Waals surface area contributed by atoms with Crippen molar-refractivity contribution in [2.75, 3.05) is 13.7 Å². The van der Waals surface area contributed by atoms with Crippen molar-refractivity contribution in [2.45, 2.75) is 6.42 Å². The minimum absolute atomic E-state index is 0.630. The fraction of sp³-hybridized carbons (Fsp3) is 0.308. The van der Waals surface area contributed by atoms with Gasteiger partial charge in [0.25, 0.3) is 0 Å². The van der Waals surface area contributed by atoms with E-state index in [-0.39, 0.29) is 0 Å². The van der Waals surface area contributed by atoms with Crippen molar-refractivity contribution in [1.82, 2.24) is 9.78 Å². The van der Waals surface area contributed by atoms with Crippen LogP contribution in [0.3, 0.4) is 0 Å². The number of nitrogens with two attached hydrogens (primary N) is 1. The molecule has 4 nitrogen and oxygen atoms in total. The molecular formula is C13H16BrN3O. The molecule has 0 unspecified atom stereocenters. The molecular weight excluding hydrogens is 294 g/mol. The molecule has 0 aliphatic rings. The summed E-state index contributed by atoms with van der Waals surface area (Å²) in [5.41, 5.74) is 8.72. The number of hydrogen-bond donors (Lipinski definition) is 1. The zero-order chi connectivity index (χ0) is 13.1. The minimum Gasteiger partial charge on any atom is -0.496 e. The number of ether oxygens (including phenoxy) is 1. The highest BCUT2D eigenvalue weighted by Gasteiger charge is 2.09.